The highest BCUT2D eigenvalue weighted by Gasteiger charge is 2.28. The first-order valence-electron chi connectivity index (χ1n) is 11.6. The molecule has 2 aliphatic carbocycles. The first kappa shape index (κ1) is 21.2. The lowest BCUT2D eigenvalue weighted by Gasteiger charge is -2.35. The second-order valence-corrected chi connectivity index (χ2v) is 9.10. The van der Waals surface area contributed by atoms with Crippen LogP contribution in [0.2, 0.25) is 0 Å². The Morgan fingerprint density at radius 2 is 1.75 bits per heavy atom. The number of alkyl halides is 1. The lowest BCUT2D eigenvalue weighted by atomic mass is 9.71. The van der Waals surface area contributed by atoms with Gasteiger partial charge in [0.25, 0.3) is 0 Å². The molecule has 0 spiro atoms. The van der Waals surface area contributed by atoms with Crippen LogP contribution in [0.1, 0.15) is 89.2 Å². The van der Waals surface area contributed by atoms with Gasteiger partial charge in [0, 0.05) is 5.56 Å². The topological polar surface area (TPSA) is 0 Å². The largest absolute Gasteiger partial charge is 0.248 e. The molecule has 0 saturated heterocycles. The predicted octanol–water partition coefficient (Wildman–Crippen LogP) is 7.66. The number of hydrogen-bond acceptors (Lipinski definition) is 0. The van der Waals surface area contributed by atoms with Gasteiger partial charge < -0.3 is 0 Å². The van der Waals surface area contributed by atoms with Gasteiger partial charge in [0.1, 0.15) is 0 Å². The molecule has 28 heavy (non-hydrogen) atoms. The zero-order valence-electron chi connectivity index (χ0n) is 17.9. The summed E-state index contributed by atoms with van der Waals surface area (Å²) < 4.78 is 13.0. The molecule has 1 fully saturated rings. The van der Waals surface area contributed by atoms with E-state index in [4.69, 9.17) is 0 Å². The molecule has 0 amide bonds. The van der Waals surface area contributed by atoms with Crippen LogP contribution in [0.15, 0.2) is 35.9 Å². The minimum Gasteiger partial charge on any atom is -0.248 e. The Morgan fingerprint density at radius 1 is 1.00 bits per heavy atom. The van der Waals surface area contributed by atoms with Crippen molar-refractivity contribution in [3.8, 4) is 11.8 Å². The molecule has 2 atom stereocenters. The van der Waals surface area contributed by atoms with Gasteiger partial charge in [-0.25, -0.2) is 4.39 Å². The molecular weight excluding hydrogens is 343 g/mol. The molecule has 3 rings (SSSR count). The van der Waals surface area contributed by atoms with E-state index >= 15 is 0 Å². The Labute approximate surface area is 172 Å². The molecule has 1 saturated carbocycles. The fourth-order valence-corrected chi connectivity index (χ4v) is 5.03. The van der Waals surface area contributed by atoms with E-state index in [2.05, 4.69) is 49.1 Å². The molecule has 0 heterocycles. The molecule has 1 aromatic rings. The van der Waals surface area contributed by atoms with E-state index in [9.17, 15) is 4.39 Å². The molecule has 2 aliphatic rings. The van der Waals surface area contributed by atoms with Crippen LogP contribution in [0.5, 0.6) is 0 Å². The predicted molar refractivity (Wildman–Crippen MR) is 118 cm³/mol. The van der Waals surface area contributed by atoms with Crippen molar-refractivity contribution < 1.29 is 4.39 Å². The van der Waals surface area contributed by atoms with Crippen molar-refractivity contribution >= 4 is 0 Å². The molecule has 2 unspecified atom stereocenters. The van der Waals surface area contributed by atoms with Gasteiger partial charge in [0.05, 0.1) is 6.17 Å². The average molecular weight is 381 g/mol. The van der Waals surface area contributed by atoms with E-state index in [0.717, 1.165) is 36.2 Å². The maximum atomic E-state index is 13.0. The Morgan fingerprint density at radius 3 is 2.36 bits per heavy atom. The molecule has 0 aromatic heterocycles. The Bertz CT molecular complexity index is 677. The van der Waals surface area contributed by atoms with Gasteiger partial charge in [0.2, 0.25) is 0 Å². The second-order valence-electron chi connectivity index (χ2n) is 9.10. The molecule has 0 nitrogen and oxygen atoms in total. The van der Waals surface area contributed by atoms with Crippen LogP contribution < -0.4 is 0 Å². The summed E-state index contributed by atoms with van der Waals surface area (Å²) in [7, 11) is 0. The van der Waals surface area contributed by atoms with Gasteiger partial charge in [0.15, 0.2) is 0 Å². The van der Waals surface area contributed by atoms with Gasteiger partial charge >= 0.3 is 0 Å². The zero-order valence-corrected chi connectivity index (χ0v) is 17.9. The van der Waals surface area contributed by atoms with Crippen molar-refractivity contribution in [1.82, 2.24) is 0 Å². The maximum Gasteiger partial charge on any atom is 0.0976 e. The highest BCUT2D eigenvalue weighted by molar-refractivity contribution is 5.42. The lowest BCUT2D eigenvalue weighted by molar-refractivity contribution is 0.187. The smallest absolute Gasteiger partial charge is 0.0976 e. The summed E-state index contributed by atoms with van der Waals surface area (Å²) in [6, 6.07) is 8.33. The standard InChI is InChI=1S/C27H37F/c1-3-4-22-13-17-26(18-14-22)27-19-15-25(16-20-27)12-11-24-9-7-23(8-10-24)6-5-21(2)28/h7-10,15,21-22,26-27H,3-6,13-14,16-20H2,1-2H3. The van der Waals surface area contributed by atoms with Crippen molar-refractivity contribution in [3.63, 3.8) is 0 Å². The van der Waals surface area contributed by atoms with E-state index in [-0.39, 0.29) is 0 Å². The first-order chi connectivity index (χ1) is 13.6. The molecule has 0 aliphatic heterocycles. The van der Waals surface area contributed by atoms with Crippen LogP contribution in [-0.4, -0.2) is 6.17 Å². The van der Waals surface area contributed by atoms with Crippen molar-refractivity contribution in [1.29, 1.82) is 0 Å². The van der Waals surface area contributed by atoms with Crippen LogP contribution in [-0.2, 0) is 6.42 Å². The summed E-state index contributed by atoms with van der Waals surface area (Å²) in [5, 5.41) is 0. The SMILES string of the molecule is CCCC1CCC(C2CC=C(C#Cc3ccc(CCC(C)F)cc3)CC2)CC1. The van der Waals surface area contributed by atoms with Crippen molar-refractivity contribution in [2.24, 2.45) is 17.8 Å². The van der Waals surface area contributed by atoms with Crippen LogP contribution in [0, 0.1) is 29.6 Å². The molecule has 1 heteroatoms. The molecular formula is C27H37F. The minimum absolute atomic E-state index is 0.597. The summed E-state index contributed by atoms with van der Waals surface area (Å²) in [5.74, 6) is 9.59. The lowest BCUT2D eigenvalue weighted by Crippen LogP contribution is -2.23. The van der Waals surface area contributed by atoms with E-state index < -0.39 is 6.17 Å². The Hall–Kier alpha value is -1.55. The van der Waals surface area contributed by atoms with E-state index in [1.54, 1.807) is 6.92 Å². The molecule has 1 aromatic carbocycles. The van der Waals surface area contributed by atoms with Crippen LogP contribution in [0.3, 0.4) is 0 Å². The maximum absolute atomic E-state index is 13.0. The van der Waals surface area contributed by atoms with Gasteiger partial charge in [-0.05, 0) is 92.9 Å². The van der Waals surface area contributed by atoms with E-state index in [0.29, 0.717) is 6.42 Å². The highest BCUT2D eigenvalue weighted by Crippen LogP contribution is 2.40. The van der Waals surface area contributed by atoms with E-state index in [1.807, 2.05) is 0 Å². The molecule has 0 radical (unpaired) electrons. The van der Waals surface area contributed by atoms with Crippen LogP contribution in [0.25, 0.3) is 0 Å². The average Bonchev–Trinajstić information content (AvgIpc) is 2.73. The van der Waals surface area contributed by atoms with Crippen molar-refractivity contribution in [3.05, 3.63) is 47.0 Å². The van der Waals surface area contributed by atoms with Crippen molar-refractivity contribution in [2.75, 3.05) is 0 Å². The second kappa shape index (κ2) is 10.8. The normalized spacial score (nSPS) is 26.1. The summed E-state index contributed by atoms with van der Waals surface area (Å²) in [4.78, 5) is 0. The third-order valence-electron chi connectivity index (χ3n) is 6.86. The third kappa shape index (κ3) is 6.51. The van der Waals surface area contributed by atoms with Gasteiger partial charge in [-0.3, -0.25) is 0 Å². The number of allylic oxidation sites excluding steroid dienone is 2. The van der Waals surface area contributed by atoms with E-state index in [1.165, 1.54) is 62.5 Å². The monoisotopic (exact) mass is 380 g/mol. The third-order valence-corrected chi connectivity index (χ3v) is 6.86. The van der Waals surface area contributed by atoms with Crippen LogP contribution in [0.4, 0.5) is 4.39 Å². The van der Waals surface area contributed by atoms with Gasteiger partial charge in [-0.15, -0.1) is 0 Å². The number of hydrogen-bond donors (Lipinski definition) is 0. The number of benzene rings is 1. The first-order valence-corrected chi connectivity index (χ1v) is 11.6. The summed E-state index contributed by atoms with van der Waals surface area (Å²) >= 11 is 0. The zero-order chi connectivity index (χ0) is 19.8. The quantitative estimate of drug-likeness (QED) is 0.444. The molecule has 0 N–H and O–H groups in total. The number of rotatable bonds is 6. The highest BCUT2D eigenvalue weighted by atomic mass is 19.1. The van der Waals surface area contributed by atoms with Gasteiger partial charge in [-0.1, -0.05) is 62.7 Å². The number of aryl methyl sites for hydroxylation is 1. The van der Waals surface area contributed by atoms with Gasteiger partial charge in [-0.2, -0.15) is 0 Å². The molecule has 152 valence electrons. The Balaban J connectivity index is 1.47. The number of halogens is 1. The van der Waals surface area contributed by atoms with Crippen LogP contribution >= 0.6 is 0 Å². The molecule has 0 bridgehead atoms. The summed E-state index contributed by atoms with van der Waals surface area (Å²) in [5.41, 5.74) is 3.59. The fourth-order valence-electron chi connectivity index (χ4n) is 5.03. The summed E-state index contributed by atoms with van der Waals surface area (Å²) in [6.07, 6.45) is 15.4. The summed E-state index contributed by atoms with van der Waals surface area (Å²) in [6.45, 7) is 3.95. The fraction of sp³-hybridized carbons (Fsp3) is 0.630. The van der Waals surface area contributed by atoms with Crippen molar-refractivity contribution in [2.45, 2.75) is 90.6 Å². The Kier molecular flexibility index (Phi) is 8.20. The minimum atomic E-state index is -0.729.